The normalized spacial score (nSPS) is 10.9. The van der Waals surface area contributed by atoms with Crippen LogP contribution in [0.2, 0.25) is 0 Å². The van der Waals surface area contributed by atoms with Crippen molar-refractivity contribution in [3.8, 4) is 5.75 Å². The number of rotatable bonds is 5. The molecule has 2 aromatic rings. The molecular weight excluding hydrogens is 296 g/mol. The summed E-state index contributed by atoms with van der Waals surface area (Å²) in [6, 6.07) is 7.28. The van der Waals surface area contributed by atoms with Gasteiger partial charge < -0.3 is 9.84 Å². The highest BCUT2D eigenvalue weighted by atomic mass is 32.2. The zero-order chi connectivity index (χ0) is 15.5. The zero-order valence-corrected chi connectivity index (χ0v) is 11.8. The third-order valence-electron chi connectivity index (χ3n) is 2.60. The summed E-state index contributed by atoms with van der Waals surface area (Å²) in [4.78, 5) is 14.5. The second-order valence-electron chi connectivity index (χ2n) is 4.02. The third-order valence-corrected chi connectivity index (χ3v) is 4.02. The monoisotopic (exact) mass is 308 g/mol. The fraction of sp³-hybridized carbons (Fsp3) is 0.0769. The van der Waals surface area contributed by atoms with E-state index in [9.17, 15) is 13.2 Å². The number of hydrogen-bond donors (Lipinski definition) is 2. The lowest BCUT2D eigenvalue weighted by molar-refractivity contribution is 0.0696. The lowest BCUT2D eigenvalue weighted by Crippen LogP contribution is -2.14. The van der Waals surface area contributed by atoms with Crippen LogP contribution in [0.15, 0.2) is 47.6 Å². The van der Waals surface area contributed by atoms with Crippen molar-refractivity contribution in [1.29, 1.82) is 0 Å². The molecule has 0 saturated carbocycles. The molecule has 110 valence electrons. The molecule has 2 rings (SSSR count). The largest absolute Gasteiger partial charge is 0.495 e. The number of anilines is 1. The minimum Gasteiger partial charge on any atom is -0.495 e. The Morgan fingerprint density at radius 2 is 2.00 bits per heavy atom. The van der Waals surface area contributed by atoms with Gasteiger partial charge in [0.1, 0.15) is 10.6 Å². The average Bonchev–Trinajstić information content (AvgIpc) is 2.47. The molecule has 2 N–H and O–H groups in total. The predicted molar refractivity (Wildman–Crippen MR) is 75.0 cm³/mol. The summed E-state index contributed by atoms with van der Waals surface area (Å²) in [6.07, 6.45) is 2.35. The lowest BCUT2D eigenvalue weighted by atomic mass is 10.3. The van der Waals surface area contributed by atoms with E-state index < -0.39 is 16.0 Å². The number of sulfonamides is 1. The maximum absolute atomic E-state index is 12.3. The summed E-state index contributed by atoms with van der Waals surface area (Å²) < 4.78 is 31.9. The van der Waals surface area contributed by atoms with Crippen LogP contribution in [0.3, 0.4) is 0 Å². The summed E-state index contributed by atoms with van der Waals surface area (Å²) in [7, 11) is -2.54. The number of carbonyl (C=O) groups is 1. The highest BCUT2D eigenvalue weighted by molar-refractivity contribution is 7.92. The maximum Gasteiger partial charge on any atom is 0.337 e. The minimum atomic E-state index is -3.91. The Morgan fingerprint density at radius 3 is 2.67 bits per heavy atom. The number of carboxylic acids is 1. The van der Waals surface area contributed by atoms with E-state index >= 15 is 0 Å². The van der Waals surface area contributed by atoms with Crippen molar-refractivity contribution in [2.75, 3.05) is 11.8 Å². The Morgan fingerprint density at radius 1 is 1.29 bits per heavy atom. The van der Waals surface area contributed by atoms with Crippen molar-refractivity contribution in [2.24, 2.45) is 0 Å². The Kier molecular flexibility index (Phi) is 4.08. The summed E-state index contributed by atoms with van der Waals surface area (Å²) in [5.74, 6) is -1.01. The summed E-state index contributed by atoms with van der Waals surface area (Å²) in [5, 5.41) is 8.87. The molecule has 1 aromatic heterocycles. The SMILES string of the molecule is COc1ccccc1S(=O)(=O)Nc1cncc(C(=O)O)c1. The first-order valence-corrected chi connectivity index (χ1v) is 7.26. The van der Waals surface area contributed by atoms with Crippen molar-refractivity contribution in [3.05, 3.63) is 48.3 Å². The van der Waals surface area contributed by atoms with E-state index in [1.165, 1.54) is 31.5 Å². The number of nitrogens with zero attached hydrogens (tertiary/aromatic N) is 1. The molecule has 0 unspecified atom stereocenters. The first-order chi connectivity index (χ1) is 9.94. The third kappa shape index (κ3) is 3.29. The van der Waals surface area contributed by atoms with Gasteiger partial charge in [0.15, 0.2) is 0 Å². The number of carboxylic acid groups (broad SMARTS) is 1. The van der Waals surface area contributed by atoms with Gasteiger partial charge in [0, 0.05) is 6.20 Å². The number of benzene rings is 1. The van der Waals surface area contributed by atoms with E-state index in [2.05, 4.69) is 9.71 Å². The van der Waals surface area contributed by atoms with Crippen LogP contribution < -0.4 is 9.46 Å². The molecule has 21 heavy (non-hydrogen) atoms. The van der Waals surface area contributed by atoms with Gasteiger partial charge in [0.2, 0.25) is 0 Å². The number of aromatic carboxylic acids is 1. The molecule has 0 radical (unpaired) electrons. The lowest BCUT2D eigenvalue weighted by Gasteiger charge is -2.11. The number of aromatic nitrogens is 1. The molecule has 1 heterocycles. The first kappa shape index (κ1) is 14.8. The molecule has 0 amide bonds. The summed E-state index contributed by atoms with van der Waals surface area (Å²) >= 11 is 0. The predicted octanol–water partition coefficient (Wildman–Crippen LogP) is 1.59. The molecule has 0 bridgehead atoms. The van der Waals surface area contributed by atoms with Crippen LogP contribution in [-0.4, -0.2) is 31.6 Å². The zero-order valence-electron chi connectivity index (χ0n) is 11.0. The molecule has 0 fully saturated rings. The van der Waals surface area contributed by atoms with Crippen LogP contribution >= 0.6 is 0 Å². The van der Waals surface area contributed by atoms with E-state index in [-0.39, 0.29) is 21.9 Å². The van der Waals surface area contributed by atoms with Crippen molar-refractivity contribution >= 4 is 21.7 Å². The maximum atomic E-state index is 12.3. The van der Waals surface area contributed by atoms with Crippen molar-refractivity contribution in [1.82, 2.24) is 4.98 Å². The Bertz CT molecular complexity index is 774. The molecule has 0 spiro atoms. The van der Waals surface area contributed by atoms with Gasteiger partial charge in [-0.3, -0.25) is 9.71 Å². The van der Waals surface area contributed by atoms with Gasteiger partial charge in [-0.1, -0.05) is 12.1 Å². The smallest absolute Gasteiger partial charge is 0.337 e. The molecular formula is C13H12N2O5S. The van der Waals surface area contributed by atoms with E-state index in [0.717, 1.165) is 6.20 Å². The molecule has 0 aliphatic rings. The van der Waals surface area contributed by atoms with Crippen LogP contribution in [0.1, 0.15) is 10.4 Å². The fourth-order valence-electron chi connectivity index (χ4n) is 1.66. The number of nitrogens with one attached hydrogen (secondary N) is 1. The molecule has 7 nitrogen and oxygen atoms in total. The van der Waals surface area contributed by atoms with Gasteiger partial charge >= 0.3 is 5.97 Å². The number of hydrogen-bond acceptors (Lipinski definition) is 5. The average molecular weight is 308 g/mol. The second-order valence-corrected chi connectivity index (χ2v) is 5.67. The van der Waals surface area contributed by atoms with E-state index in [1.54, 1.807) is 12.1 Å². The van der Waals surface area contributed by atoms with Gasteiger partial charge in [-0.25, -0.2) is 13.2 Å². The number of para-hydroxylation sites is 1. The number of methoxy groups -OCH3 is 1. The van der Waals surface area contributed by atoms with Gasteiger partial charge in [-0.05, 0) is 18.2 Å². The molecule has 0 aliphatic carbocycles. The summed E-state index contributed by atoms with van der Waals surface area (Å²) in [5.41, 5.74) is -0.0592. The molecule has 0 atom stereocenters. The van der Waals surface area contributed by atoms with Gasteiger partial charge in [0.05, 0.1) is 24.6 Å². The van der Waals surface area contributed by atoms with Gasteiger partial charge in [-0.2, -0.15) is 0 Å². The van der Waals surface area contributed by atoms with Crippen molar-refractivity contribution in [2.45, 2.75) is 4.90 Å². The summed E-state index contributed by atoms with van der Waals surface area (Å²) in [6.45, 7) is 0. The van der Waals surface area contributed by atoms with Crippen LogP contribution in [0.25, 0.3) is 0 Å². The van der Waals surface area contributed by atoms with Crippen molar-refractivity contribution in [3.63, 3.8) is 0 Å². The van der Waals surface area contributed by atoms with Crippen LogP contribution in [0.5, 0.6) is 5.75 Å². The van der Waals surface area contributed by atoms with Gasteiger partial charge in [0.25, 0.3) is 10.0 Å². The Balaban J connectivity index is 2.38. The van der Waals surface area contributed by atoms with Crippen LogP contribution in [0, 0.1) is 0 Å². The molecule has 1 aromatic carbocycles. The minimum absolute atomic E-state index is 0.0479. The number of ether oxygens (including phenoxy) is 1. The number of pyridine rings is 1. The molecule has 8 heteroatoms. The van der Waals surface area contributed by atoms with Gasteiger partial charge in [-0.15, -0.1) is 0 Å². The van der Waals surface area contributed by atoms with Crippen LogP contribution in [0.4, 0.5) is 5.69 Å². The Hall–Kier alpha value is -2.61. The van der Waals surface area contributed by atoms with E-state index in [4.69, 9.17) is 9.84 Å². The van der Waals surface area contributed by atoms with E-state index in [1.807, 2.05) is 0 Å². The Labute approximate surface area is 121 Å². The fourth-order valence-corrected chi connectivity index (χ4v) is 2.87. The highest BCUT2D eigenvalue weighted by Gasteiger charge is 2.19. The molecule has 0 aliphatic heterocycles. The van der Waals surface area contributed by atoms with Crippen molar-refractivity contribution < 1.29 is 23.1 Å². The van der Waals surface area contributed by atoms with Crippen LogP contribution in [-0.2, 0) is 10.0 Å². The quantitative estimate of drug-likeness (QED) is 0.869. The van der Waals surface area contributed by atoms with E-state index in [0.29, 0.717) is 0 Å². The second kappa shape index (κ2) is 5.80. The molecule has 0 saturated heterocycles. The highest BCUT2D eigenvalue weighted by Crippen LogP contribution is 2.25. The first-order valence-electron chi connectivity index (χ1n) is 5.78. The standard InChI is InChI=1S/C13H12N2O5S/c1-20-11-4-2-3-5-12(11)21(18,19)15-10-6-9(13(16)17)7-14-8-10/h2-8,15H,1H3,(H,16,17). The topological polar surface area (TPSA) is 106 Å².